The van der Waals surface area contributed by atoms with Gasteiger partial charge in [0.2, 0.25) is 11.9 Å². The van der Waals surface area contributed by atoms with Crippen LogP contribution in [0.25, 0.3) is 28.0 Å². The number of aryl methyl sites for hydroxylation is 1. The normalized spacial score (nSPS) is 19.4. The molecule has 2 fully saturated rings. The second kappa shape index (κ2) is 7.96. The van der Waals surface area contributed by atoms with Crippen molar-refractivity contribution in [1.29, 1.82) is 0 Å². The number of likely N-dealkylation sites (tertiary alicyclic amines) is 1. The summed E-state index contributed by atoms with van der Waals surface area (Å²) in [5.74, 6) is 1.53. The van der Waals surface area contributed by atoms with Gasteiger partial charge in [-0.15, -0.1) is 0 Å². The molecule has 1 amide bonds. The molecular formula is C25H22Cl2N6O. The summed E-state index contributed by atoms with van der Waals surface area (Å²) in [6.45, 7) is 4.97. The van der Waals surface area contributed by atoms with E-state index in [1.807, 2.05) is 64.9 Å². The zero-order valence-corrected chi connectivity index (χ0v) is 20.3. The van der Waals surface area contributed by atoms with E-state index in [1.54, 1.807) is 6.92 Å². The van der Waals surface area contributed by atoms with Gasteiger partial charge in [-0.05, 0) is 37.1 Å². The van der Waals surface area contributed by atoms with Crippen LogP contribution in [0.4, 0.5) is 5.95 Å². The number of hydrogen-bond donors (Lipinski definition) is 0. The smallest absolute Gasteiger partial charge is 0.230 e. The van der Waals surface area contributed by atoms with Crippen molar-refractivity contribution in [3.63, 3.8) is 0 Å². The molecule has 0 radical (unpaired) electrons. The van der Waals surface area contributed by atoms with Crippen molar-refractivity contribution in [1.82, 2.24) is 24.5 Å². The standard InChI is InChI=1S/C25H22Cl2N6O/c1-14-28-24-22(16-7-9-17(26)10-8-16)23(20-5-3-4-6-21(20)27)30-33(24)25(29-14)32-13-18-11-19(32)12-31(18)15(2)34/h3-10,18-19H,11-13H2,1-2H3/t18-,19-/m0/s1. The molecule has 0 N–H and O–H groups in total. The van der Waals surface area contributed by atoms with E-state index in [4.69, 9.17) is 38.3 Å². The van der Waals surface area contributed by atoms with E-state index in [0.717, 1.165) is 41.3 Å². The largest absolute Gasteiger partial charge is 0.336 e. The first-order valence-corrected chi connectivity index (χ1v) is 12.0. The third kappa shape index (κ3) is 3.34. The third-order valence-corrected chi connectivity index (χ3v) is 7.33. The van der Waals surface area contributed by atoms with Crippen LogP contribution in [0.3, 0.4) is 0 Å². The van der Waals surface area contributed by atoms with Gasteiger partial charge in [-0.2, -0.15) is 14.6 Å². The van der Waals surface area contributed by atoms with Crippen LogP contribution in [0.2, 0.25) is 10.0 Å². The Morgan fingerprint density at radius 1 is 1.00 bits per heavy atom. The monoisotopic (exact) mass is 492 g/mol. The molecule has 34 heavy (non-hydrogen) atoms. The van der Waals surface area contributed by atoms with Crippen LogP contribution in [0, 0.1) is 6.92 Å². The molecule has 2 atom stereocenters. The maximum Gasteiger partial charge on any atom is 0.230 e. The van der Waals surface area contributed by atoms with E-state index in [1.165, 1.54) is 0 Å². The van der Waals surface area contributed by atoms with Crippen LogP contribution in [-0.4, -0.2) is 55.6 Å². The summed E-state index contributed by atoms with van der Waals surface area (Å²) >= 11 is 12.8. The predicted octanol–water partition coefficient (Wildman–Crippen LogP) is 4.88. The number of anilines is 1. The number of hydrogen-bond acceptors (Lipinski definition) is 5. The number of carbonyl (C=O) groups excluding carboxylic acids is 1. The number of aromatic nitrogens is 4. The fourth-order valence-electron chi connectivity index (χ4n) is 5.23. The van der Waals surface area contributed by atoms with Crippen LogP contribution in [0.15, 0.2) is 48.5 Å². The Kier molecular flexibility index (Phi) is 5.00. The molecule has 4 heterocycles. The van der Waals surface area contributed by atoms with Gasteiger partial charge in [-0.1, -0.05) is 53.5 Å². The second-order valence-electron chi connectivity index (χ2n) is 8.88. The molecule has 0 unspecified atom stereocenters. The summed E-state index contributed by atoms with van der Waals surface area (Å²) in [4.78, 5) is 25.8. The van der Waals surface area contributed by atoms with Gasteiger partial charge in [0, 0.05) is 30.6 Å². The fourth-order valence-corrected chi connectivity index (χ4v) is 5.58. The van der Waals surface area contributed by atoms with Gasteiger partial charge in [0.25, 0.3) is 0 Å². The Hall–Kier alpha value is -3.16. The maximum atomic E-state index is 12.0. The first-order chi connectivity index (χ1) is 16.4. The molecule has 4 aromatic rings. The Bertz CT molecular complexity index is 1430. The minimum atomic E-state index is 0.126. The first-order valence-electron chi connectivity index (χ1n) is 11.2. The van der Waals surface area contributed by atoms with E-state index in [-0.39, 0.29) is 18.0 Å². The van der Waals surface area contributed by atoms with Gasteiger partial charge in [0.15, 0.2) is 5.65 Å². The molecule has 2 bridgehead atoms. The molecule has 7 nitrogen and oxygen atoms in total. The van der Waals surface area contributed by atoms with Crippen LogP contribution < -0.4 is 4.90 Å². The SMILES string of the molecule is CC(=O)N1C[C@@H]2C[C@H]1CN2c1nc(C)nc2c(-c3ccc(Cl)cc3)c(-c3ccccc3Cl)nn12. The molecule has 2 aliphatic heterocycles. The number of carbonyl (C=O) groups is 1. The minimum absolute atomic E-state index is 0.126. The van der Waals surface area contributed by atoms with Gasteiger partial charge >= 0.3 is 0 Å². The molecule has 0 aliphatic carbocycles. The Morgan fingerprint density at radius 2 is 1.76 bits per heavy atom. The highest BCUT2D eigenvalue weighted by Crippen LogP contribution is 2.40. The molecule has 0 spiro atoms. The Balaban J connectivity index is 1.57. The number of fused-ring (bicyclic) bond motifs is 3. The lowest BCUT2D eigenvalue weighted by molar-refractivity contribution is -0.129. The van der Waals surface area contributed by atoms with Gasteiger partial charge < -0.3 is 9.80 Å². The van der Waals surface area contributed by atoms with Crippen LogP contribution in [0.5, 0.6) is 0 Å². The maximum absolute atomic E-state index is 12.0. The van der Waals surface area contributed by atoms with Gasteiger partial charge in [0.05, 0.1) is 22.7 Å². The number of nitrogens with zero attached hydrogens (tertiary/aromatic N) is 6. The van der Waals surface area contributed by atoms with Gasteiger partial charge in [0.1, 0.15) is 11.5 Å². The van der Waals surface area contributed by atoms with E-state index in [2.05, 4.69) is 4.90 Å². The number of piperazine rings is 1. The van der Waals surface area contributed by atoms with Crippen molar-refractivity contribution in [2.45, 2.75) is 32.4 Å². The topological polar surface area (TPSA) is 66.6 Å². The lowest BCUT2D eigenvalue weighted by Crippen LogP contribution is -2.49. The fraction of sp³-hybridized carbons (Fsp3) is 0.280. The Labute approximate surface area is 206 Å². The van der Waals surface area contributed by atoms with Crippen molar-refractivity contribution in [2.24, 2.45) is 0 Å². The molecule has 0 saturated carbocycles. The van der Waals surface area contributed by atoms with Crippen LogP contribution in [0.1, 0.15) is 19.2 Å². The zero-order valence-electron chi connectivity index (χ0n) is 18.7. The van der Waals surface area contributed by atoms with Crippen molar-refractivity contribution < 1.29 is 4.79 Å². The molecule has 172 valence electrons. The Morgan fingerprint density at radius 3 is 2.44 bits per heavy atom. The van der Waals surface area contributed by atoms with Crippen LogP contribution in [-0.2, 0) is 4.79 Å². The highest BCUT2D eigenvalue weighted by Gasteiger charge is 2.46. The number of benzene rings is 2. The third-order valence-electron chi connectivity index (χ3n) is 6.74. The second-order valence-corrected chi connectivity index (χ2v) is 9.73. The van der Waals surface area contributed by atoms with Crippen molar-refractivity contribution in [3.05, 3.63) is 64.4 Å². The van der Waals surface area contributed by atoms with Crippen LogP contribution >= 0.6 is 23.2 Å². The summed E-state index contributed by atoms with van der Waals surface area (Å²) in [6, 6.07) is 15.7. The van der Waals surface area contributed by atoms with Crippen molar-refractivity contribution in [3.8, 4) is 22.4 Å². The summed E-state index contributed by atoms with van der Waals surface area (Å²) in [7, 11) is 0. The summed E-state index contributed by atoms with van der Waals surface area (Å²) in [6.07, 6.45) is 0.937. The quantitative estimate of drug-likeness (QED) is 0.407. The molecule has 9 heteroatoms. The zero-order chi connectivity index (χ0) is 23.6. The summed E-state index contributed by atoms with van der Waals surface area (Å²) in [5, 5.41) is 6.29. The average Bonchev–Trinajstić information content (AvgIpc) is 3.52. The molecule has 6 rings (SSSR count). The molecule has 2 aliphatic rings. The first kappa shape index (κ1) is 21.4. The lowest BCUT2D eigenvalue weighted by atomic mass is 10.0. The van der Waals surface area contributed by atoms with E-state index in [9.17, 15) is 4.79 Å². The number of halogens is 2. The lowest BCUT2D eigenvalue weighted by Gasteiger charge is -2.34. The summed E-state index contributed by atoms with van der Waals surface area (Å²) in [5.41, 5.74) is 4.11. The average molecular weight is 493 g/mol. The van der Waals surface area contributed by atoms with Gasteiger partial charge in [-0.3, -0.25) is 4.79 Å². The molecule has 2 aromatic heterocycles. The van der Waals surface area contributed by atoms with Crippen molar-refractivity contribution in [2.75, 3.05) is 18.0 Å². The molecular weight excluding hydrogens is 471 g/mol. The number of amides is 1. The summed E-state index contributed by atoms with van der Waals surface area (Å²) < 4.78 is 1.83. The predicted molar refractivity (Wildman–Crippen MR) is 133 cm³/mol. The van der Waals surface area contributed by atoms with E-state index >= 15 is 0 Å². The molecule has 2 aromatic carbocycles. The molecule has 2 saturated heterocycles. The van der Waals surface area contributed by atoms with E-state index in [0.29, 0.717) is 28.1 Å². The number of rotatable bonds is 3. The highest BCUT2D eigenvalue weighted by molar-refractivity contribution is 6.33. The van der Waals surface area contributed by atoms with Crippen molar-refractivity contribution >= 4 is 40.7 Å². The van der Waals surface area contributed by atoms with E-state index < -0.39 is 0 Å². The van der Waals surface area contributed by atoms with Gasteiger partial charge in [-0.25, -0.2) is 4.98 Å². The highest BCUT2D eigenvalue weighted by atomic mass is 35.5. The minimum Gasteiger partial charge on any atom is -0.336 e.